The zero-order valence-corrected chi connectivity index (χ0v) is 27.7. The highest BCUT2D eigenvalue weighted by atomic mass is 35.5. The van der Waals surface area contributed by atoms with Crippen LogP contribution in [0.25, 0.3) is 0 Å². The first-order valence-electron chi connectivity index (χ1n) is 15.0. The molecule has 4 aromatic rings. The van der Waals surface area contributed by atoms with Crippen molar-refractivity contribution in [3.63, 3.8) is 0 Å². The van der Waals surface area contributed by atoms with Gasteiger partial charge in [0.1, 0.15) is 12.6 Å². The lowest BCUT2D eigenvalue weighted by Gasteiger charge is -2.34. The molecule has 0 saturated heterocycles. The van der Waals surface area contributed by atoms with E-state index in [1.165, 1.54) is 17.0 Å². The Bertz CT molecular complexity index is 1700. The van der Waals surface area contributed by atoms with Gasteiger partial charge in [-0.2, -0.15) is 0 Å². The van der Waals surface area contributed by atoms with Gasteiger partial charge in [0.15, 0.2) is 0 Å². The third-order valence-corrected chi connectivity index (χ3v) is 9.79. The van der Waals surface area contributed by atoms with Gasteiger partial charge in [-0.3, -0.25) is 13.9 Å². The van der Waals surface area contributed by atoms with Crippen LogP contribution in [0.4, 0.5) is 5.69 Å². The molecule has 2 amide bonds. The van der Waals surface area contributed by atoms with E-state index in [0.717, 1.165) is 21.0 Å². The maximum atomic E-state index is 14.6. The average molecular weight is 646 g/mol. The summed E-state index contributed by atoms with van der Waals surface area (Å²) >= 11 is 6.23. The van der Waals surface area contributed by atoms with Crippen LogP contribution in [0.5, 0.6) is 0 Å². The Morgan fingerprint density at radius 1 is 0.844 bits per heavy atom. The second kappa shape index (κ2) is 15.2. The van der Waals surface area contributed by atoms with E-state index < -0.39 is 28.5 Å². The minimum Gasteiger partial charge on any atom is -0.352 e. The standard InChI is InChI=1S/C36H40ClN3O4S/c1-5-28(4)38-36(42)34(23-29-12-8-6-9-13-29)39(24-30-18-16-26(2)17-19-30)35(41)25-40(33-21-20-31(37)22-27(33)3)45(43,44)32-14-10-7-11-15-32/h6-22,28,34H,5,23-25H2,1-4H3,(H,38,42)/t28-,34-/m0/s1. The van der Waals surface area contributed by atoms with Crippen molar-refractivity contribution in [3.8, 4) is 0 Å². The average Bonchev–Trinajstić information content (AvgIpc) is 3.03. The molecule has 0 aliphatic heterocycles. The van der Waals surface area contributed by atoms with E-state index in [1.54, 1.807) is 43.3 Å². The molecule has 0 spiro atoms. The first kappa shape index (κ1) is 33.7. The summed E-state index contributed by atoms with van der Waals surface area (Å²) in [4.78, 5) is 30.0. The van der Waals surface area contributed by atoms with E-state index in [1.807, 2.05) is 75.4 Å². The van der Waals surface area contributed by atoms with Crippen LogP contribution >= 0.6 is 11.6 Å². The van der Waals surface area contributed by atoms with Crippen LogP contribution in [0.1, 0.15) is 42.5 Å². The fourth-order valence-corrected chi connectivity index (χ4v) is 6.74. The summed E-state index contributed by atoms with van der Waals surface area (Å²) in [6, 6.07) is 29.1. The van der Waals surface area contributed by atoms with Crippen LogP contribution in [0.15, 0.2) is 108 Å². The normalized spacial score (nSPS) is 12.6. The molecule has 0 fully saturated rings. The van der Waals surface area contributed by atoms with Gasteiger partial charge in [-0.1, -0.05) is 96.9 Å². The number of aryl methyl sites for hydroxylation is 2. The molecule has 4 rings (SSSR count). The van der Waals surface area contributed by atoms with Crippen molar-refractivity contribution in [3.05, 3.63) is 130 Å². The predicted octanol–water partition coefficient (Wildman–Crippen LogP) is 6.71. The molecule has 9 heteroatoms. The second-order valence-electron chi connectivity index (χ2n) is 11.3. The fourth-order valence-electron chi connectivity index (χ4n) is 5.02. The third-order valence-electron chi connectivity index (χ3n) is 7.78. The number of carbonyl (C=O) groups excluding carboxylic acids is 2. The SMILES string of the molecule is CC[C@H](C)NC(=O)[C@H](Cc1ccccc1)N(Cc1ccc(C)cc1)C(=O)CN(c1ccc(Cl)cc1C)S(=O)(=O)c1ccccc1. The van der Waals surface area contributed by atoms with Gasteiger partial charge < -0.3 is 10.2 Å². The van der Waals surface area contributed by atoms with E-state index >= 15 is 0 Å². The summed E-state index contributed by atoms with van der Waals surface area (Å²) in [5, 5.41) is 3.51. The van der Waals surface area contributed by atoms with E-state index in [2.05, 4.69) is 5.32 Å². The number of sulfonamides is 1. The highest BCUT2D eigenvalue weighted by Gasteiger charge is 2.35. The Morgan fingerprint density at radius 2 is 1.47 bits per heavy atom. The number of amides is 2. The molecule has 0 heterocycles. The Kier molecular flexibility index (Phi) is 11.4. The largest absolute Gasteiger partial charge is 0.352 e. The number of carbonyl (C=O) groups is 2. The number of nitrogens with zero attached hydrogens (tertiary/aromatic N) is 2. The van der Waals surface area contributed by atoms with Gasteiger partial charge in [-0.05, 0) is 74.2 Å². The van der Waals surface area contributed by atoms with Crippen molar-refractivity contribution >= 4 is 39.1 Å². The molecule has 0 aromatic heterocycles. The Morgan fingerprint density at radius 3 is 2.07 bits per heavy atom. The van der Waals surface area contributed by atoms with Crippen molar-refractivity contribution < 1.29 is 18.0 Å². The lowest BCUT2D eigenvalue weighted by Crippen LogP contribution is -2.54. The van der Waals surface area contributed by atoms with Gasteiger partial charge in [0.25, 0.3) is 10.0 Å². The Hall–Kier alpha value is -4.14. The van der Waals surface area contributed by atoms with E-state index in [9.17, 15) is 18.0 Å². The zero-order valence-electron chi connectivity index (χ0n) is 26.1. The molecule has 2 atom stereocenters. The zero-order chi connectivity index (χ0) is 32.6. The van der Waals surface area contributed by atoms with Crippen molar-refractivity contribution in [1.29, 1.82) is 0 Å². The van der Waals surface area contributed by atoms with Crippen LogP contribution in [0.2, 0.25) is 5.02 Å². The molecule has 4 aromatic carbocycles. The Labute approximate surface area is 271 Å². The number of halogens is 1. The third kappa shape index (κ3) is 8.74. The highest BCUT2D eigenvalue weighted by molar-refractivity contribution is 7.92. The first-order chi connectivity index (χ1) is 21.5. The summed E-state index contributed by atoms with van der Waals surface area (Å²) in [5.41, 5.74) is 3.69. The molecule has 236 valence electrons. The Balaban J connectivity index is 1.82. The molecule has 0 unspecified atom stereocenters. The van der Waals surface area contributed by atoms with Crippen LogP contribution in [0.3, 0.4) is 0 Å². The van der Waals surface area contributed by atoms with E-state index in [-0.39, 0.29) is 29.8 Å². The van der Waals surface area contributed by atoms with E-state index in [0.29, 0.717) is 22.7 Å². The van der Waals surface area contributed by atoms with Crippen LogP contribution in [-0.2, 0) is 32.6 Å². The first-order valence-corrected chi connectivity index (χ1v) is 16.8. The molecular formula is C36H40ClN3O4S. The van der Waals surface area contributed by atoms with Crippen LogP contribution < -0.4 is 9.62 Å². The highest BCUT2D eigenvalue weighted by Crippen LogP contribution is 2.29. The minimum absolute atomic E-state index is 0.0487. The lowest BCUT2D eigenvalue weighted by atomic mass is 10.0. The van der Waals surface area contributed by atoms with Crippen molar-refractivity contribution in [2.24, 2.45) is 0 Å². The number of hydrogen-bond donors (Lipinski definition) is 1. The van der Waals surface area contributed by atoms with Gasteiger partial charge in [0, 0.05) is 24.0 Å². The quantitative estimate of drug-likeness (QED) is 0.175. The molecule has 0 bridgehead atoms. The molecule has 0 aliphatic carbocycles. The van der Waals surface area contributed by atoms with Gasteiger partial charge in [0.05, 0.1) is 10.6 Å². The van der Waals surface area contributed by atoms with Gasteiger partial charge in [-0.15, -0.1) is 0 Å². The topological polar surface area (TPSA) is 86.8 Å². The summed E-state index contributed by atoms with van der Waals surface area (Å²) in [7, 11) is -4.18. The van der Waals surface area contributed by atoms with Gasteiger partial charge in [0.2, 0.25) is 11.8 Å². The molecule has 7 nitrogen and oxygen atoms in total. The number of nitrogens with one attached hydrogen (secondary N) is 1. The van der Waals surface area contributed by atoms with E-state index in [4.69, 9.17) is 11.6 Å². The van der Waals surface area contributed by atoms with Crippen molar-refractivity contribution in [2.75, 3.05) is 10.8 Å². The lowest BCUT2D eigenvalue weighted by molar-refractivity contribution is -0.140. The summed E-state index contributed by atoms with van der Waals surface area (Å²) in [5.74, 6) is -0.807. The molecule has 0 saturated carbocycles. The van der Waals surface area contributed by atoms with Gasteiger partial charge >= 0.3 is 0 Å². The molecule has 1 N–H and O–H groups in total. The predicted molar refractivity (Wildman–Crippen MR) is 181 cm³/mol. The molecule has 0 aliphatic rings. The smallest absolute Gasteiger partial charge is 0.264 e. The van der Waals surface area contributed by atoms with Crippen molar-refractivity contribution in [1.82, 2.24) is 10.2 Å². The summed E-state index contributed by atoms with van der Waals surface area (Å²) < 4.78 is 29.4. The second-order valence-corrected chi connectivity index (χ2v) is 13.6. The van der Waals surface area contributed by atoms with Gasteiger partial charge in [-0.25, -0.2) is 8.42 Å². The minimum atomic E-state index is -4.18. The molecular weight excluding hydrogens is 606 g/mol. The molecule has 45 heavy (non-hydrogen) atoms. The number of hydrogen-bond acceptors (Lipinski definition) is 4. The summed E-state index contributed by atoms with van der Waals surface area (Å²) in [6.45, 7) is 7.22. The monoisotopic (exact) mass is 645 g/mol. The number of anilines is 1. The summed E-state index contributed by atoms with van der Waals surface area (Å²) in [6.07, 6.45) is 0.973. The maximum Gasteiger partial charge on any atom is 0.264 e. The molecule has 0 radical (unpaired) electrons. The van der Waals surface area contributed by atoms with Crippen LogP contribution in [-0.4, -0.2) is 43.8 Å². The van der Waals surface area contributed by atoms with Crippen molar-refractivity contribution in [2.45, 2.75) is 64.1 Å². The number of benzene rings is 4. The fraction of sp³-hybridized carbons (Fsp3) is 0.278. The number of rotatable bonds is 13. The maximum absolute atomic E-state index is 14.6. The van der Waals surface area contributed by atoms with Crippen LogP contribution in [0, 0.1) is 13.8 Å².